The number of aliphatic hydroxyl groups excluding tert-OH is 4. The molecule has 0 unspecified atom stereocenters. The second-order valence-electron chi connectivity index (χ2n) is 15.2. The van der Waals surface area contributed by atoms with Crippen molar-refractivity contribution in [1.82, 2.24) is 0 Å². The third-order valence-electron chi connectivity index (χ3n) is 13.2. The molecule has 9 nitrogen and oxygen atoms in total. The Balaban J connectivity index is 1.06. The van der Waals surface area contributed by atoms with Gasteiger partial charge < -0.3 is 44.5 Å². The summed E-state index contributed by atoms with van der Waals surface area (Å²) in [6, 6.07) is 0. The van der Waals surface area contributed by atoms with Gasteiger partial charge in [0, 0.05) is 18.3 Å². The highest BCUT2D eigenvalue weighted by Gasteiger charge is 2.73. The van der Waals surface area contributed by atoms with E-state index in [0.717, 1.165) is 57.8 Å². The van der Waals surface area contributed by atoms with E-state index in [1.165, 1.54) is 5.57 Å². The van der Waals surface area contributed by atoms with Crippen molar-refractivity contribution in [2.45, 2.75) is 139 Å². The van der Waals surface area contributed by atoms with E-state index in [1.807, 2.05) is 0 Å². The first-order valence-corrected chi connectivity index (χ1v) is 16.1. The first kappa shape index (κ1) is 29.1. The van der Waals surface area contributed by atoms with Crippen molar-refractivity contribution in [2.75, 3.05) is 13.2 Å². The van der Waals surface area contributed by atoms with Gasteiger partial charge in [-0.2, -0.15) is 0 Å². The summed E-state index contributed by atoms with van der Waals surface area (Å²) in [6.45, 7) is 7.21. The van der Waals surface area contributed by atoms with Gasteiger partial charge in [-0.1, -0.05) is 32.4 Å². The summed E-state index contributed by atoms with van der Waals surface area (Å²) in [6.07, 6.45) is 4.87. The van der Waals surface area contributed by atoms with Gasteiger partial charge in [-0.05, 0) is 80.5 Å². The fourth-order valence-corrected chi connectivity index (χ4v) is 10.5. The lowest BCUT2D eigenvalue weighted by Gasteiger charge is -2.59. The van der Waals surface area contributed by atoms with Crippen molar-refractivity contribution in [2.24, 2.45) is 34.5 Å². The van der Waals surface area contributed by atoms with E-state index < -0.39 is 48.7 Å². The molecule has 0 aromatic heterocycles. The molecule has 6 fully saturated rings. The minimum absolute atomic E-state index is 0.0600. The highest BCUT2D eigenvalue weighted by molar-refractivity contribution is 5.28. The molecule has 7 aliphatic rings. The summed E-state index contributed by atoms with van der Waals surface area (Å²) in [5.74, 6) is 1.39. The Morgan fingerprint density at radius 2 is 1.80 bits per heavy atom. The topological polar surface area (TPSA) is 138 Å². The van der Waals surface area contributed by atoms with E-state index in [0.29, 0.717) is 36.7 Å². The maximum atomic E-state index is 12.3. The van der Waals surface area contributed by atoms with Gasteiger partial charge in [0.25, 0.3) is 0 Å². The molecule has 1 spiro atoms. The fraction of sp³-hybridized carbons (Fsp3) is 0.938. The molecule has 0 amide bonds. The predicted molar refractivity (Wildman–Crippen MR) is 147 cm³/mol. The van der Waals surface area contributed by atoms with Crippen molar-refractivity contribution in [3.8, 4) is 0 Å². The van der Waals surface area contributed by atoms with Crippen molar-refractivity contribution in [3.63, 3.8) is 0 Å². The number of ether oxygens (including phenoxy) is 4. The number of fused-ring (bicyclic) bond motifs is 7. The van der Waals surface area contributed by atoms with Crippen LogP contribution in [0.25, 0.3) is 0 Å². The normalized spacial score (nSPS) is 58.3. The second kappa shape index (κ2) is 9.94. The van der Waals surface area contributed by atoms with Crippen LogP contribution in [0.3, 0.4) is 0 Å². The number of allylic oxidation sites excluding steroid dienone is 1. The van der Waals surface area contributed by atoms with Crippen LogP contribution in [0.15, 0.2) is 11.6 Å². The van der Waals surface area contributed by atoms with Crippen LogP contribution in [-0.2, 0) is 18.9 Å². The average Bonchev–Trinajstić information content (AvgIpc) is 3.35. The lowest BCUT2D eigenvalue weighted by Crippen LogP contribution is -2.60. The summed E-state index contributed by atoms with van der Waals surface area (Å²) >= 11 is 0. The largest absolute Gasteiger partial charge is 0.394 e. The maximum absolute atomic E-state index is 12.3. The Kier molecular flexibility index (Phi) is 7.06. The molecule has 232 valence electrons. The molecule has 15 atom stereocenters. The number of aliphatic hydroxyl groups is 5. The Morgan fingerprint density at radius 3 is 2.54 bits per heavy atom. The van der Waals surface area contributed by atoms with Crippen molar-refractivity contribution in [3.05, 3.63) is 11.6 Å². The van der Waals surface area contributed by atoms with Crippen molar-refractivity contribution < 1.29 is 44.5 Å². The lowest BCUT2D eigenvalue weighted by atomic mass is 9.46. The molecule has 4 aliphatic carbocycles. The highest BCUT2D eigenvalue weighted by Crippen LogP contribution is 2.70. The Morgan fingerprint density at radius 1 is 1.00 bits per heavy atom. The van der Waals surface area contributed by atoms with Gasteiger partial charge in [0.15, 0.2) is 12.1 Å². The van der Waals surface area contributed by atoms with E-state index in [-0.39, 0.29) is 23.0 Å². The zero-order valence-corrected chi connectivity index (χ0v) is 24.8. The monoisotopic (exact) mass is 578 g/mol. The summed E-state index contributed by atoms with van der Waals surface area (Å²) in [5.41, 5.74) is 0.440. The summed E-state index contributed by atoms with van der Waals surface area (Å²) in [5, 5.41) is 52.7. The maximum Gasteiger partial charge on any atom is 0.186 e. The van der Waals surface area contributed by atoms with Crippen LogP contribution >= 0.6 is 0 Å². The third kappa shape index (κ3) is 4.21. The number of hydrogen-bond acceptors (Lipinski definition) is 9. The van der Waals surface area contributed by atoms with Crippen LogP contribution < -0.4 is 0 Å². The summed E-state index contributed by atoms with van der Waals surface area (Å²) in [7, 11) is 0. The second-order valence-corrected chi connectivity index (χ2v) is 15.2. The van der Waals surface area contributed by atoms with Crippen LogP contribution in [0.2, 0.25) is 0 Å². The van der Waals surface area contributed by atoms with E-state index in [2.05, 4.69) is 26.8 Å². The van der Waals surface area contributed by atoms with Gasteiger partial charge >= 0.3 is 0 Å². The molecule has 3 aliphatic heterocycles. The van der Waals surface area contributed by atoms with Gasteiger partial charge in [-0.25, -0.2) is 0 Å². The molecule has 0 aromatic rings. The van der Waals surface area contributed by atoms with Crippen LogP contribution in [-0.4, -0.2) is 93.0 Å². The number of rotatable bonds is 3. The van der Waals surface area contributed by atoms with E-state index in [4.69, 9.17) is 18.9 Å². The van der Waals surface area contributed by atoms with Gasteiger partial charge in [-0.3, -0.25) is 0 Å². The quantitative estimate of drug-likeness (QED) is 0.320. The average molecular weight is 579 g/mol. The van der Waals surface area contributed by atoms with E-state index >= 15 is 0 Å². The Labute approximate surface area is 243 Å². The first-order chi connectivity index (χ1) is 19.4. The summed E-state index contributed by atoms with van der Waals surface area (Å²) in [4.78, 5) is 0. The molecular weight excluding hydrogens is 528 g/mol. The number of hydrogen-bond donors (Lipinski definition) is 5. The minimum atomic E-state index is -1.43. The third-order valence-corrected chi connectivity index (χ3v) is 13.2. The predicted octanol–water partition coefficient (Wildman–Crippen LogP) is 2.41. The molecule has 41 heavy (non-hydrogen) atoms. The SMILES string of the molecule is C[C@@H]1CC[C@]2(C[C@@]3(O)[C@H](C[C@@H]4[C@@H]5CC=C6C[C@@H](O[C@@H]7O[C@H](CO)[C@@H](O)[C@H](O)[C@H]7O)CC[C@@]6(C)[C@H]5CC[C@@]43C)O2)OC1. The van der Waals surface area contributed by atoms with Gasteiger partial charge in [0.2, 0.25) is 0 Å². The van der Waals surface area contributed by atoms with Crippen LogP contribution in [0.5, 0.6) is 0 Å². The van der Waals surface area contributed by atoms with Crippen molar-refractivity contribution >= 4 is 0 Å². The van der Waals surface area contributed by atoms with E-state index in [1.54, 1.807) is 0 Å². The smallest absolute Gasteiger partial charge is 0.186 e. The molecule has 0 aromatic carbocycles. The van der Waals surface area contributed by atoms with Gasteiger partial charge in [0.1, 0.15) is 30.0 Å². The first-order valence-electron chi connectivity index (χ1n) is 16.1. The highest BCUT2D eigenvalue weighted by atomic mass is 16.7. The summed E-state index contributed by atoms with van der Waals surface area (Å²) < 4.78 is 24.8. The Bertz CT molecular complexity index is 1040. The molecule has 5 N–H and O–H groups in total. The van der Waals surface area contributed by atoms with Gasteiger partial charge in [0.05, 0.1) is 25.4 Å². The standard InChI is InChI=1S/C32H50O9/c1-17-6-11-31(38-15-17)16-32(37)24(41-31)13-22-20-5-4-18-12-19(7-9-29(18,2)21(20)8-10-30(22,32)3)39-28-27(36)26(35)25(34)23(14-33)40-28/h4,17,19-28,33-37H,5-16H2,1-3H3/t17-,19+,20-,21+,22-,23-,24+,25-,26+,27-,28-,29-,30+,31+,32-/m1/s1. The van der Waals surface area contributed by atoms with Crippen LogP contribution in [0.1, 0.15) is 85.0 Å². The molecule has 3 heterocycles. The zero-order valence-electron chi connectivity index (χ0n) is 24.8. The van der Waals surface area contributed by atoms with Crippen molar-refractivity contribution in [1.29, 1.82) is 0 Å². The van der Waals surface area contributed by atoms with E-state index in [9.17, 15) is 25.5 Å². The fourth-order valence-electron chi connectivity index (χ4n) is 10.5. The van der Waals surface area contributed by atoms with Crippen LogP contribution in [0, 0.1) is 34.5 Å². The van der Waals surface area contributed by atoms with Gasteiger partial charge in [-0.15, -0.1) is 0 Å². The molecule has 0 bridgehead atoms. The molecular formula is C32H50O9. The molecule has 3 saturated heterocycles. The van der Waals surface area contributed by atoms with Crippen LogP contribution in [0.4, 0.5) is 0 Å². The minimum Gasteiger partial charge on any atom is -0.394 e. The molecule has 7 rings (SSSR count). The zero-order chi connectivity index (χ0) is 28.9. The molecule has 3 saturated carbocycles. The lowest BCUT2D eigenvalue weighted by molar-refractivity contribution is -0.313. The Hall–Kier alpha value is -0.620. The molecule has 9 heteroatoms. The molecule has 0 radical (unpaired) electrons.